The van der Waals surface area contributed by atoms with E-state index in [0.29, 0.717) is 12.8 Å². The van der Waals surface area contributed by atoms with Crippen LogP contribution in [0.25, 0.3) is 10.9 Å². The average molecular weight is 358 g/mol. The highest BCUT2D eigenvalue weighted by molar-refractivity contribution is 5.90. The highest BCUT2D eigenvalue weighted by Crippen LogP contribution is 2.22. The highest BCUT2D eigenvalue weighted by Gasteiger charge is 2.24. The first kappa shape index (κ1) is 19.6. The molecule has 140 valence electrons. The molecule has 1 aromatic carbocycles. The van der Waals surface area contributed by atoms with Gasteiger partial charge in [-0.15, -0.1) is 0 Å². The monoisotopic (exact) mass is 358 g/mol. The summed E-state index contributed by atoms with van der Waals surface area (Å²) in [6.07, 6.45) is 4.12. The molecule has 0 saturated carbocycles. The maximum absolute atomic E-state index is 12.1. The van der Waals surface area contributed by atoms with Gasteiger partial charge < -0.3 is 14.4 Å². The van der Waals surface area contributed by atoms with E-state index in [-0.39, 0.29) is 5.70 Å². The number of aliphatic carboxylic acids is 1. The molecule has 0 bridgehead atoms. The number of aromatic nitrogens is 1. The number of fused-ring (bicyclic) bond motifs is 1. The Kier molecular flexibility index (Phi) is 5.75. The Bertz CT molecular complexity index is 843. The lowest BCUT2D eigenvalue weighted by Crippen LogP contribution is -2.35. The number of allylic oxidation sites excluding steroid dienone is 1. The molecule has 0 fully saturated rings. The molecule has 0 unspecified atom stereocenters. The van der Waals surface area contributed by atoms with Crippen molar-refractivity contribution < 1.29 is 19.4 Å². The van der Waals surface area contributed by atoms with Gasteiger partial charge in [-0.2, -0.15) is 0 Å². The first-order chi connectivity index (χ1) is 12.1. The van der Waals surface area contributed by atoms with Gasteiger partial charge in [0.05, 0.1) is 0 Å². The largest absolute Gasteiger partial charge is 0.477 e. The van der Waals surface area contributed by atoms with E-state index in [9.17, 15) is 14.7 Å². The lowest BCUT2D eigenvalue weighted by Gasteiger charge is -2.24. The van der Waals surface area contributed by atoms with E-state index in [1.54, 1.807) is 26.8 Å². The zero-order valence-electron chi connectivity index (χ0n) is 15.9. The summed E-state index contributed by atoms with van der Waals surface area (Å²) < 4.78 is 7.29. The van der Waals surface area contributed by atoms with Gasteiger partial charge in [-0.25, -0.2) is 9.59 Å². The van der Waals surface area contributed by atoms with Crippen LogP contribution in [0.3, 0.4) is 0 Å². The second-order valence-corrected chi connectivity index (χ2v) is 7.25. The first-order valence-electron chi connectivity index (χ1n) is 8.53. The molecule has 0 atom stereocenters. The topological polar surface area (TPSA) is 71.8 Å². The van der Waals surface area contributed by atoms with Crippen molar-refractivity contribution in [3.8, 4) is 0 Å². The van der Waals surface area contributed by atoms with E-state index in [0.717, 1.165) is 21.4 Å². The van der Waals surface area contributed by atoms with Gasteiger partial charge in [0, 0.05) is 31.2 Å². The number of carboxylic acid groups (broad SMARTS) is 1. The van der Waals surface area contributed by atoms with Crippen molar-refractivity contribution in [1.82, 2.24) is 9.47 Å². The molecule has 26 heavy (non-hydrogen) atoms. The Balaban J connectivity index is 2.14. The second-order valence-electron chi connectivity index (χ2n) is 7.25. The number of para-hydroxylation sites is 1. The second kappa shape index (κ2) is 7.64. The van der Waals surface area contributed by atoms with Gasteiger partial charge in [0.1, 0.15) is 11.3 Å². The van der Waals surface area contributed by atoms with Crippen LogP contribution in [-0.2, 0) is 23.0 Å². The van der Waals surface area contributed by atoms with Crippen LogP contribution in [0, 0.1) is 0 Å². The predicted octanol–water partition coefficient (Wildman–Crippen LogP) is 3.95. The van der Waals surface area contributed by atoms with Gasteiger partial charge in [0.15, 0.2) is 0 Å². The minimum Gasteiger partial charge on any atom is -0.477 e. The van der Waals surface area contributed by atoms with Crippen molar-refractivity contribution >= 4 is 23.0 Å². The number of benzene rings is 1. The smallest absolute Gasteiger partial charge is 0.414 e. The quantitative estimate of drug-likeness (QED) is 0.822. The Morgan fingerprint density at radius 3 is 2.54 bits per heavy atom. The van der Waals surface area contributed by atoms with Crippen LogP contribution in [-0.4, -0.2) is 39.3 Å². The van der Waals surface area contributed by atoms with Crippen LogP contribution in [0.2, 0.25) is 0 Å². The Hall–Kier alpha value is -2.76. The van der Waals surface area contributed by atoms with E-state index in [1.165, 1.54) is 7.05 Å². The number of nitrogens with zero attached hydrogens (tertiary/aromatic N) is 2. The number of likely N-dealkylation sites (N-methyl/N-ethyl adjacent to an activating group) is 1. The minimum atomic E-state index is -1.16. The van der Waals surface area contributed by atoms with Crippen molar-refractivity contribution in [2.75, 3.05) is 7.05 Å². The third-order valence-electron chi connectivity index (χ3n) is 3.98. The van der Waals surface area contributed by atoms with Crippen molar-refractivity contribution in [1.29, 1.82) is 0 Å². The number of hydrogen-bond donors (Lipinski definition) is 1. The number of carboxylic acids is 1. The normalized spacial score (nSPS) is 12.3. The van der Waals surface area contributed by atoms with Crippen LogP contribution in [0.4, 0.5) is 4.79 Å². The summed E-state index contributed by atoms with van der Waals surface area (Å²) in [5.74, 6) is -1.16. The van der Waals surface area contributed by atoms with E-state index >= 15 is 0 Å². The summed E-state index contributed by atoms with van der Waals surface area (Å²) in [5, 5.41) is 10.6. The first-order valence-corrected chi connectivity index (χ1v) is 8.53. The molecular weight excluding hydrogens is 332 g/mol. The summed E-state index contributed by atoms with van der Waals surface area (Å²) >= 11 is 0. The van der Waals surface area contributed by atoms with Crippen LogP contribution in [0.5, 0.6) is 0 Å². The number of rotatable bonds is 5. The van der Waals surface area contributed by atoms with E-state index < -0.39 is 17.7 Å². The molecule has 0 aliphatic heterocycles. The van der Waals surface area contributed by atoms with Gasteiger partial charge in [-0.1, -0.05) is 24.3 Å². The zero-order valence-corrected chi connectivity index (χ0v) is 15.9. The lowest BCUT2D eigenvalue weighted by atomic mass is 10.1. The number of aryl methyl sites for hydroxylation is 2. The van der Waals surface area contributed by atoms with Gasteiger partial charge in [0.2, 0.25) is 0 Å². The molecule has 2 rings (SSSR count). The van der Waals surface area contributed by atoms with Crippen LogP contribution >= 0.6 is 0 Å². The number of carbonyl (C=O) groups is 2. The molecule has 0 aliphatic rings. The highest BCUT2D eigenvalue weighted by atomic mass is 16.6. The number of amides is 1. The van der Waals surface area contributed by atoms with E-state index in [1.807, 2.05) is 25.2 Å². The van der Waals surface area contributed by atoms with Crippen LogP contribution in [0.1, 0.15) is 32.8 Å². The maximum Gasteiger partial charge on any atom is 0.414 e. The van der Waals surface area contributed by atoms with Gasteiger partial charge in [-0.05, 0) is 45.2 Å². The summed E-state index contributed by atoms with van der Waals surface area (Å²) in [6, 6.07) is 8.08. The van der Waals surface area contributed by atoms with Crippen molar-refractivity contribution in [3.63, 3.8) is 0 Å². The van der Waals surface area contributed by atoms with Crippen molar-refractivity contribution in [2.24, 2.45) is 7.05 Å². The van der Waals surface area contributed by atoms with Gasteiger partial charge >= 0.3 is 12.1 Å². The molecular formula is C20H26N2O4. The molecule has 1 N–H and O–H groups in total. The summed E-state index contributed by atoms with van der Waals surface area (Å²) in [4.78, 5) is 24.7. The van der Waals surface area contributed by atoms with Gasteiger partial charge in [-0.3, -0.25) is 4.90 Å². The summed E-state index contributed by atoms with van der Waals surface area (Å²) in [6.45, 7) is 5.22. The fourth-order valence-corrected chi connectivity index (χ4v) is 2.79. The van der Waals surface area contributed by atoms with Crippen LogP contribution in [0.15, 0.2) is 42.2 Å². The molecule has 1 amide bonds. The number of ether oxygens (including phenoxy) is 1. The molecule has 0 spiro atoms. The molecule has 0 radical (unpaired) electrons. The summed E-state index contributed by atoms with van der Waals surface area (Å²) in [7, 11) is 3.40. The Morgan fingerprint density at radius 1 is 1.27 bits per heavy atom. The van der Waals surface area contributed by atoms with E-state index in [2.05, 4.69) is 16.8 Å². The molecule has 6 heteroatoms. The third kappa shape index (κ3) is 4.65. The van der Waals surface area contributed by atoms with Crippen molar-refractivity contribution in [3.05, 3.63) is 47.8 Å². The standard InChI is InChI=1S/C20H26N2O4/c1-20(2,3)26-19(25)22(5)17(18(23)24)12-8-9-14-13-21(4)16-11-7-6-10-15(14)16/h6-7,10-13H,8-9H2,1-5H3,(H,23,24). The average Bonchev–Trinajstić information content (AvgIpc) is 2.86. The van der Waals surface area contributed by atoms with Crippen molar-refractivity contribution in [2.45, 2.75) is 39.2 Å². The maximum atomic E-state index is 12.1. The Morgan fingerprint density at radius 2 is 1.92 bits per heavy atom. The molecule has 0 aliphatic carbocycles. The minimum absolute atomic E-state index is 0.0838. The summed E-state index contributed by atoms with van der Waals surface area (Å²) in [5.41, 5.74) is 1.51. The zero-order chi connectivity index (χ0) is 19.5. The number of carbonyl (C=O) groups excluding carboxylic acids is 1. The fourth-order valence-electron chi connectivity index (χ4n) is 2.79. The lowest BCUT2D eigenvalue weighted by molar-refractivity contribution is -0.134. The molecule has 0 saturated heterocycles. The molecule has 1 heterocycles. The third-order valence-corrected chi connectivity index (χ3v) is 3.98. The van der Waals surface area contributed by atoms with Gasteiger partial charge in [0.25, 0.3) is 0 Å². The predicted molar refractivity (Wildman–Crippen MR) is 101 cm³/mol. The molecule has 6 nitrogen and oxygen atoms in total. The van der Waals surface area contributed by atoms with Crippen LogP contribution < -0.4 is 0 Å². The number of hydrogen-bond acceptors (Lipinski definition) is 3. The SMILES string of the molecule is CN(C(=O)OC(C)(C)C)C(=CCCc1cn(C)c2ccccc12)C(=O)O. The molecule has 1 aromatic heterocycles. The Labute approximate surface area is 153 Å². The molecule has 2 aromatic rings. The van der Waals surface area contributed by atoms with E-state index in [4.69, 9.17) is 4.74 Å². The fraction of sp³-hybridized carbons (Fsp3) is 0.400.